The number of anilines is 2. The van der Waals surface area contributed by atoms with Crippen molar-refractivity contribution in [1.82, 2.24) is 15.3 Å². The van der Waals surface area contributed by atoms with E-state index in [9.17, 15) is 4.79 Å². The van der Waals surface area contributed by atoms with Crippen molar-refractivity contribution >= 4 is 39.0 Å². The standard InChI is InChI=1S/C25H31N5O3S/c1-15-3-6-19-22(26)23(34-25(19)27-15)24(31)28-17-5-7-20-16(13-17)4-8-21(29-20)30-10-9-18(14-30)33-12-11-32-2/h3-4,6,8,17-18H,5,7,9-14,26H2,1-2H3,(H,28,31). The highest BCUT2D eigenvalue weighted by Gasteiger charge is 2.27. The van der Waals surface area contributed by atoms with Crippen molar-refractivity contribution in [1.29, 1.82) is 0 Å². The van der Waals surface area contributed by atoms with Crippen molar-refractivity contribution in [2.24, 2.45) is 0 Å². The largest absolute Gasteiger partial charge is 0.397 e. The van der Waals surface area contributed by atoms with Crippen molar-refractivity contribution in [3.05, 3.63) is 46.1 Å². The number of aromatic nitrogens is 2. The number of hydrogen-bond acceptors (Lipinski definition) is 8. The summed E-state index contributed by atoms with van der Waals surface area (Å²) < 4.78 is 11.0. The van der Waals surface area contributed by atoms with Crippen molar-refractivity contribution in [3.8, 4) is 0 Å². The highest BCUT2D eigenvalue weighted by atomic mass is 32.1. The van der Waals surface area contributed by atoms with Gasteiger partial charge in [0.15, 0.2) is 0 Å². The first kappa shape index (κ1) is 23.0. The Kier molecular flexibility index (Phi) is 6.67. The molecule has 0 aromatic carbocycles. The van der Waals surface area contributed by atoms with Crippen LogP contribution in [-0.2, 0) is 22.3 Å². The number of thiophene rings is 1. The molecule has 1 saturated heterocycles. The van der Waals surface area contributed by atoms with E-state index in [0.29, 0.717) is 23.8 Å². The minimum Gasteiger partial charge on any atom is -0.397 e. The van der Waals surface area contributed by atoms with Gasteiger partial charge in [-0.2, -0.15) is 0 Å². The molecule has 0 saturated carbocycles. The highest BCUT2D eigenvalue weighted by Crippen LogP contribution is 2.33. The molecule has 4 heterocycles. The molecule has 3 aromatic heterocycles. The zero-order chi connectivity index (χ0) is 23.7. The first-order valence-corrected chi connectivity index (χ1v) is 12.6. The van der Waals surface area contributed by atoms with Crippen molar-refractivity contribution < 1.29 is 14.3 Å². The van der Waals surface area contributed by atoms with Crippen LogP contribution in [0.25, 0.3) is 10.2 Å². The van der Waals surface area contributed by atoms with E-state index in [1.54, 1.807) is 7.11 Å². The van der Waals surface area contributed by atoms with Gasteiger partial charge >= 0.3 is 0 Å². The van der Waals surface area contributed by atoms with E-state index in [1.807, 2.05) is 19.1 Å². The number of nitrogens with one attached hydrogen (secondary N) is 1. The fraction of sp³-hybridized carbons (Fsp3) is 0.480. The summed E-state index contributed by atoms with van der Waals surface area (Å²) in [5.74, 6) is 0.896. The predicted molar refractivity (Wildman–Crippen MR) is 135 cm³/mol. The van der Waals surface area contributed by atoms with Gasteiger partial charge in [0.25, 0.3) is 5.91 Å². The van der Waals surface area contributed by atoms with E-state index < -0.39 is 0 Å². The number of ether oxygens (including phenoxy) is 2. The molecule has 2 unspecified atom stereocenters. The average molecular weight is 482 g/mol. The molecular weight excluding hydrogens is 450 g/mol. The van der Waals surface area contributed by atoms with Crippen LogP contribution in [0.5, 0.6) is 0 Å². The maximum atomic E-state index is 13.0. The van der Waals surface area contributed by atoms with Crippen LogP contribution >= 0.6 is 11.3 Å². The predicted octanol–water partition coefficient (Wildman–Crippen LogP) is 3.11. The van der Waals surface area contributed by atoms with E-state index in [-0.39, 0.29) is 18.1 Å². The molecule has 34 heavy (non-hydrogen) atoms. The van der Waals surface area contributed by atoms with E-state index in [2.05, 4.69) is 27.3 Å². The number of carbonyl (C=O) groups is 1. The van der Waals surface area contributed by atoms with Gasteiger partial charge in [0, 0.05) is 43.0 Å². The lowest BCUT2D eigenvalue weighted by Crippen LogP contribution is -2.39. The molecule has 8 nitrogen and oxygen atoms in total. The second-order valence-corrected chi connectivity index (χ2v) is 10.1. The Hall–Kier alpha value is -2.75. The molecular formula is C25H31N5O3S. The Labute approximate surface area is 203 Å². The summed E-state index contributed by atoms with van der Waals surface area (Å²) in [6.45, 7) is 5.00. The molecule has 9 heteroatoms. The SMILES string of the molecule is COCCOC1CCN(c2ccc3c(n2)CCC(NC(=O)c2sc4nc(C)ccc4c2N)C3)C1. The third kappa shape index (κ3) is 4.73. The van der Waals surface area contributed by atoms with Crippen LogP contribution in [0.1, 0.15) is 39.5 Å². The van der Waals surface area contributed by atoms with E-state index in [4.69, 9.17) is 20.2 Å². The molecule has 0 spiro atoms. The van der Waals surface area contributed by atoms with E-state index in [1.165, 1.54) is 16.9 Å². The van der Waals surface area contributed by atoms with Gasteiger partial charge in [-0.05, 0) is 56.4 Å². The topological polar surface area (TPSA) is 103 Å². The number of nitrogen functional groups attached to an aromatic ring is 1. The summed E-state index contributed by atoms with van der Waals surface area (Å²) in [6, 6.07) is 8.18. The molecule has 3 aromatic rings. The number of rotatable bonds is 7. The number of hydrogen-bond donors (Lipinski definition) is 2. The zero-order valence-electron chi connectivity index (χ0n) is 19.7. The Morgan fingerprint density at radius 1 is 1.24 bits per heavy atom. The Balaban J connectivity index is 1.21. The molecule has 1 fully saturated rings. The number of pyridine rings is 2. The Morgan fingerprint density at radius 3 is 2.97 bits per heavy atom. The number of fused-ring (bicyclic) bond motifs is 2. The monoisotopic (exact) mass is 481 g/mol. The van der Waals surface area contributed by atoms with E-state index >= 15 is 0 Å². The molecule has 180 valence electrons. The maximum Gasteiger partial charge on any atom is 0.263 e. The lowest BCUT2D eigenvalue weighted by atomic mass is 9.91. The minimum absolute atomic E-state index is 0.0670. The number of aryl methyl sites for hydroxylation is 2. The maximum absolute atomic E-state index is 13.0. The summed E-state index contributed by atoms with van der Waals surface area (Å²) >= 11 is 1.36. The summed E-state index contributed by atoms with van der Waals surface area (Å²) in [4.78, 5) is 26.1. The van der Waals surface area contributed by atoms with Crippen LogP contribution in [0.15, 0.2) is 24.3 Å². The number of carbonyl (C=O) groups excluding carboxylic acids is 1. The van der Waals surface area contributed by atoms with Gasteiger partial charge in [0.2, 0.25) is 0 Å². The Morgan fingerprint density at radius 2 is 2.12 bits per heavy atom. The zero-order valence-corrected chi connectivity index (χ0v) is 20.5. The molecule has 5 rings (SSSR count). The van der Waals surface area contributed by atoms with Gasteiger partial charge in [-0.15, -0.1) is 11.3 Å². The van der Waals surface area contributed by atoms with Crippen molar-refractivity contribution in [2.75, 3.05) is 44.0 Å². The highest BCUT2D eigenvalue weighted by molar-refractivity contribution is 7.21. The summed E-state index contributed by atoms with van der Waals surface area (Å²) in [6.07, 6.45) is 3.72. The lowest BCUT2D eigenvalue weighted by molar-refractivity contribution is 0.0280. The third-order valence-electron chi connectivity index (χ3n) is 6.63. The smallest absolute Gasteiger partial charge is 0.263 e. The number of nitrogens with two attached hydrogens (primary N) is 1. The summed E-state index contributed by atoms with van der Waals surface area (Å²) in [5.41, 5.74) is 10.0. The van der Waals surface area contributed by atoms with Crippen LogP contribution in [0.3, 0.4) is 0 Å². The molecule has 0 radical (unpaired) electrons. The number of amides is 1. The third-order valence-corrected chi connectivity index (χ3v) is 7.75. The molecule has 1 aliphatic heterocycles. The fourth-order valence-electron chi connectivity index (χ4n) is 4.78. The average Bonchev–Trinajstić information content (AvgIpc) is 3.43. The summed E-state index contributed by atoms with van der Waals surface area (Å²) in [7, 11) is 1.69. The molecule has 0 bridgehead atoms. The number of methoxy groups -OCH3 is 1. The summed E-state index contributed by atoms with van der Waals surface area (Å²) in [5, 5.41) is 4.04. The van der Waals surface area contributed by atoms with Crippen molar-refractivity contribution in [2.45, 2.75) is 44.8 Å². The number of nitrogens with zero attached hydrogens (tertiary/aromatic N) is 3. The van der Waals surface area contributed by atoms with Gasteiger partial charge in [0.1, 0.15) is 15.5 Å². The lowest BCUT2D eigenvalue weighted by Gasteiger charge is -2.26. The van der Waals surface area contributed by atoms with Crippen LogP contribution in [0.2, 0.25) is 0 Å². The van der Waals surface area contributed by atoms with Gasteiger partial charge in [-0.3, -0.25) is 4.79 Å². The fourth-order valence-corrected chi connectivity index (χ4v) is 5.82. The minimum atomic E-state index is -0.118. The van der Waals surface area contributed by atoms with Gasteiger partial charge in [0.05, 0.1) is 25.0 Å². The van der Waals surface area contributed by atoms with E-state index in [0.717, 1.165) is 66.2 Å². The van der Waals surface area contributed by atoms with Crippen LogP contribution < -0.4 is 16.0 Å². The first-order chi connectivity index (χ1) is 16.5. The normalized spacial score (nSPS) is 20.0. The van der Waals surface area contributed by atoms with Gasteiger partial charge in [-0.25, -0.2) is 9.97 Å². The van der Waals surface area contributed by atoms with Crippen molar-refractivity contribution in [3.63, 3.8) is 0 Å². The Bertz CT molecular complexity index is 1200. The van der Waals surface area contributed by atoms with Crippen LogP contribution in [-0.4, -0.2) is 61.4 Å². The molecule has 1 amide bonds. The van der Waals surface area contributed by atoms with Crippen LogP contribution in [0, 0.1) is 6.92 Å². The molecule has 1 aliphatic carbocycles. The molecule has 3 N–H and O–H groups in total. The van der Waals surface area contributed by atoms with Gasteiger partial charge < -0.3 is 25.4 Å². The van der Waals surface area contributed by atoms with Gasteiger partial charge in [-0.1, -0.05) is 6.07 Å². The second-order valence-electron chi connectivity index (χ2n) is 9.06. The molecule has 2 aliphatic rings. The van der Waals surface area contributed by atoms with Crippen LogP contribution in [0.4, 0.5) is 11.5 Å². The molecule has 2 atom stereocenters. The first-order valence-electron chi connectivity index (χ1n) is 11.8. The second kappa shape index (κ2) is 9.85. The quantitative estimate of drug-likeness (QED) is 0.500.